The first-order valence-electron chi connectivity index (χ1n) is 9.95. The van der Waals surface area contributed by atoms with E-state index >= 15 is 0 Å². The van der Waals surface area contributed by atoms with Gasteiger partial charge in [0.2, 0.25) is 5.91 Å². The molecule has 2 fully saturated rings. The number of nitrogens with one attached hydrogen (secondary N) is 3. The molecule has 0 aromatic carbocycles. The Morgan fingerprint density at radius 3 is 2.70 bits per heavy atom. The molecule has 0 radical (unpaired) electrons. The molecule has 1 aliphatic carbocycles. The highest BCUT2D eigenvalue weighted by Crippen LogP contribution is 2.46. The van der Waals surface area contributed by atoms with E-state index in [0.29, 0.717) is 30.6 Å². The molecule has 3 N–H and O–H groups in total. The van der Waals surface area contributed by atoms with E-state index in [9.17, 15) is 9.59 Å². The van der Waals surface area contributed by atoms with Gasteiger partial charge in [-0.25, -0.2) is 9.78 Å². The standard InChI is InChI=1S/C19H24N8O3/c20-12-27(25-21)16-10-23-14(9-24-16)8-22-13-1-3-19(4-2-13)5-6-26(18(19)29)15-7-17(28)30-11-15/h7,9-10,12-13,20-22H,1-6,8,11H2/t13-,19-. The molecule has 2 aliphatic heterocycles. The van der Waals surface area contributed by atoms with Gasteiger partial charge in [0.1, 0.15) is 12.9 Å². The van der Waals surface area contributed by atoms with Crippen LogP contribution in [0, 0.1) is 16.4 Å². The fourth-order valence-corrected chi connectivity index (χ4v) is 4.41. The summed E-state index contributed by atoms with van der Waals surface area (Å²) in [5, 5.41) is 14.8. The van der Waals surface area contributed by atoms with Crippen molar-refractivity contribution in [3.63, 3.8) is 0 Å². The largest absolute Gasteiger partial charge is 0.456 e. The minimum atomic E-state index is -0.373. The molecular formula is C19H24N8O3. The minimum absolute atomic E-state index is 0.127. The van der Waals surface area contributed by atoms with Crippen LogP contribution in [0.15, 0.2) is 29.4 Å². The van der Waals surface area contributed by atoms with Crippen LogP contribution in [0.25, 0.3) is 0 Å². The van der Waals surface area contributed by atoms with Crippen molar-refractivity contribution in [3.05, 3.63) is 29.9 Å². The molecule has 1 saturated heterocycles. The Morgan fingerprint density at radius 2 is 2.10 bits per heavy atom. The quantitative estimate of drug-likeness (QED) is 0.202. The summed E-state index contributed by atoms with van der Waals surface area (Å²) in [6.07, 6.45) is 9.68. The zero-order valence-electron chi connectivity index (χ0n) is 16.5. The molecule has 11 heteroatoms. The summed E-state index contributed by atoms with van der Waals surface area (Å²) >= 11 is 0. The zero-order chi connectivity index (χ0) is 21.1. The number of cyclic esters (lactones) is 1. The number of hydrogen-bond acceptors (Lipinski definition) is 9. The Labute approximate surface area is 173 Å². The Hall–Kier alpha value is -3.21. The molecule has 1 aromatic heterocycles. The van der Waals surface area contributed by atoms with E-state index in [1.165, 1.54) is 12.3 Å². The highest BCUT2D eigenvalue weighted by Gasteiger charge is 2.49. The van der Waals surface area contributed by atoms with E-state index in [1.807, 2.05) is 0 Å². The van der Waals surface area contributed by atoms with Crippen LogP contribution in [0.1, 0.15) is 37.8 Å². The van der Waals surface area contributed by atoms with Crippen molar-refractivity contribution in [1.29, 1.82) is 10.9 Å². The van der Waals surface area contributed by atoms with E-state index < -0.39 is 0 Å². The predicted octanol–water partition coefficient (Wildman–Crippen LogP) is 1.53. The summed E-state index contributed by atoms with van der Waals surface area (Å²) < 4.78 is 4.95. The van der Waals surface area contributed by atoms with Gasteiger partial charge in [0, 0.05) is 25.2 Å². The minimum Gasteiger partial charge on any atom is -0.456 e. The first-order chi connectivity index (χ1) is 14.5. The lowest BCUT2D eigenvalue weighted by molar-refractivity contribution is -0.138. The van der Waals surface area contributed by atoms with Gasteiger partial charge in [-0.15, -0.1) is 0 Å². The summed E-state index contributed by atoms with van der Waals surface area (Å²) in [6, 6.07) is 0.302. The Balaban J connectivity index is 1.28. The molecule has 11 nitrogen and oxygen atoms in total. The predicted molar refractivity (Wildman–Crippen MR) is 105 cm³/mol. The highest BCUT2D eigenvalue weighted by atomic mass is 16.5. The molecule has 0 unspecified atom stereocenters. The van der Waals surface area contributed by atoms with Gasteiger partial charge < -0.3 is 15.0 Å². The second kappa shape index (κ2) is 8.27. The van der Waals surface area contributed by atoms with Gasteiger partial charge >= 0.3 is 5.97 Å². The SMILES string of the molecule is N=CN(N=N)c1cnc(CN[C@H]2CC[C@@]3(CCN(C4=CC(=O)OC4)C3=O)CC2)cn1. The third kappa shape index (κ3) is 3.80. The zero-order valence-corrected chi connectivity index (χ0v) is 16.5. The lowest BCUT2D eigenvalue weighted by atomic mass is 9.71. The fourth-order valence-electron chi connectivity index (χ4n) is 4.41. The third-order valence-electron chi connectivity index (χ3n) is 6.18. The number of anilines is 1. The van der Waals surface area contributed by atoms with Gasteiger partial charge in [-0.05, 0) is 32.1 Å². The number of ether oxygens (including phenoxy) is 1. The first kappa shape index (κ1) is 20.1. The maximum Gasteiger partial charge on any atom is 0.333 e. The number of esters is 1. The number of carbonyl (C=O) groups is 2. The molecule has 30 heavy (non-hydrogen) atoms. The van der Waals surface area contributed by atoms with E-state index in [2.05, 4.69) is 20.5 Å². The third-order valence-corrected chi connectivity index (χ3v) is 6.18. The maximum atomic E-state index is 13.0. The number of hydrogen-bond donors (Lipinski definition) is 3. The van der Waals surface area contributed by atoms with Gasteiger partial charge in [-0.1, -0.05) is 5.22 Å². The highest BCUT2D eigenvalue weighted by molar-refractivity contribution is 5.90. The molecule has 0 bridgehead atoms. The van der Waals surface area contributed by atoms with Crippen LogP contribution in [0.3, 0.4) is 0 Å². The van der Waals surface area contributed by atoms with Crippen molar-refractivity contribution in [3.8, 4) is 0 Å². The van der Waals surface area contributed by atoms with Crippen molar-refractivity contribution in [1.82, 2.24) is 20.2 Å². The smallest absolute Gasteiger partial charge is 0.333 e. The Morgan fingerprint density at radius 1 is 1.30 bits per heavy atom. The molecule has 158 valence electrons. The van der Waals surface area contributed by atoms with Gasteiger partial charge in [0.15, 0.2) is 5.82 Å². The van der Waals surface area contributed by atoms with Crippen molar-refractivity contribution < 1.29 is 14.3 Å². The molecule has 4 rings (SSSR count). The lowest BCUT2D eigenvalue weighted by Crippen LogP contribution is -2.42. The number of carbonyl (C=O) groups excluding carboxylic acids is 2. The molecule has 1 aromatic rings. The number of nitrogens with zero attached hydrogens (tertiary/aromatic N) is 5. The van der Waals surface area contributed by atoms with Crippen LogP contribution in [-0.2, 0) is 20.9 Å². The van der Waals surface area contributed by atoms with Crippen LogP contribution in [0.4, 0.5) is 5.82 Å². The molecule has 1 amide bonds. The van der Waals surface area contributed by atoms with Gasteiger partial charge in [-0.2, -0.15) is 10.5 Å². The average molecular weight is 412 g/mol. The number of amides is 1. The van der Waals surface area contributed by atoms with E-state index in [-0.39, 0.29) is 23.9 Å². The van der Waals surface area contributed by atoms with Crippen molar-refractivity contribution >= 4 is 24.0 Å². The Bertz CT molecular complexity index is 868. The van der Waals surface area contributed by atoms with E-state index in [4.69, 9.17) is 15.7 Å². The summed E-state index contributed by atoms with van der Waals surface area (Å²) in [5.74, 6) is 0.0714. The van der Waals surface area contributed by atoms with Gasteiger partial charge in [0.05, 0.1) is 29.2 Å². The first-order valence-corrected chi connectivity index (χ1v) is 9.95. The summed E-state index contributed by atoms with van der Waals surface area (Å²) in [4.78, 5) is 34.6. The van der Waals surface area contributed by atoms with Crippen molar-refractivity contribution in [2.45, 2.75) is 44.7 Å². The second-order valence-electron chi connectivity index (χ2n) is 7.83. The van der Waals surface area contributed by atoms with Gasteiger partial charge in [-0.3, -0.25) is 15.2 Å². The normalized spacial score (nSPS) is 25.9. The molecule has 3 aliphatic rings. The molecular weight excluding hydrogens is 388 g/mol. The fraction of sp³-hybridized carbons (Fsp3) is 0.526. The van der Waals surface area contributed by atoms with Crippen LogP contribution in [0.5, 0.6) is 0 Å². The van der Waals surface area contributed by atoms with E-state index in [1.54, 1.807) is 11.1 Å². The van der Waals surface area contributed by atoms with Crippen molar-refractivity contribution in [2.75, 3.05) is 18.2 Å². The molecule has 0 atom stereocenters. The van der Waals surface area contributed by atoms with Crippen LogP contribution in [0.2, 0.25) is 0 Å². The monoisotopic (exact) mass is 412 g/mol. The molecule has 3 heterocycles. The Kier molecular flexibility index (Phi) is 5.53. The van der Waals surface area contributed by atoms with Crippen molar-refractivity contribution in [2.24, 2.45) is 10.6 Å². The second-order valence-corrected chi connectivity index (χ2v) is 7.83. The van der Waals surface area contributed by atoms with Crippen LogP contribution in [-0.4, -0.2) is 52.3 Å². The molecule has 1 saturated carbocycles. The number of likely N-dealkylation sites (tertiary alicyclic amines) is 1. The van der Waals surface area contributed by atoms with Gasteiger partial charge in [0.25, 0.3) is 0 Å². The summed E-state index contributed by atoms with van der Waals surface area (Å²) in [5.41, 5.74) is 8.11. The molecule has 1 spiro atoms. The topological polar surface area (TPSA) is 148 Å². The lowest BCUT2D eigenvalue weighted by Gasteiger charge is -2.36. The van der Waals surface area contributed by atoms with E-state index in [0.717, 1.165) is 49.1 Å². The summed E-state index contributed by atoms with van der Waals surface area (Å²) in [6.45, 7) is 1.40. The summed E-state index contributed by atoms with van der Waals surface area (Å²) in [7, 11) is 0. The number of rotatable bonds is 7. The van der Waals surface area contributed by atoms with Crippen LogP contribution >= 0.6 is 0 Å². The number of aromatic nitrogens is 2. The maximum absolute atomic E-state index is 13.0. The van der Waals surface area contributed by atoms with Crippen LogP contribution < -0.4 is 10.3 Å². The average Bonchev–Trinajstić information content (AvgIpc) is 3.33.